The van der Waals surface area contributed by atoms with Crippen LogP contribution in [0.4, 0.5) is 0 Å². The van der Waals surface area contributed by atoms with Crippen molar-refractivity contribution in [2.24, 2.45) is 0 Å². The van der Waals surface area contributed by atoms with E-state index in [0.717, 1.165) is 5.56 Å². The number of aliphatic carboxylic acids is 1. The number of carboxylic acid groups (broad SMARTS) is 1. The van der Waals surface area contributed by atoms with Gasteiger partial charge in [0.25, 0.3) is 5.91 Å². The fourth-order valence-corrected chi connectivity index (χ4v) is 3.02. The fraction of sp³-hybridized carbons (Fsp3) is 0.222. The maximum Gasteiger partial charge on any atom is 0.331 e. The number of rotatable bonds is 3. The molecule has 0 aliphatic carbocycles. The summed E-state index contributed by atoms with van der Waals surface area (Å²) in [6.45, 7) is 0.267. The van der Waals surface area contributed by atoms with Crippen LogP contribution < -0.4 is 4.74 Å². The van der Waals surface area contributed by atoms with Gasteiger partial charge in [0.05, 0.1) is 12.7 Å². The van der Waals surface area contributed by atoms with Crippen molar-refractivity contribution in [2.75, 3.05) is 13.7 Å². The third-order valence-corrected chi connectivity index (χ3v) is 4.21. The van der Waals surface area contributed by atoms with Crippen LogP contribution in [-0.4, -0.2) is 40.6 Å². The van der Waals surface area contributed by atoms with Crippen LogP contribution in [-0.2, 0) is 11.2 Å². The Morgan fingerprint density at radius 1 is 1.21 bits per heavy atom. The van der Waals surface area contributed by atoms with Crippen molar-refractivity contribution in [2.45, 2.75) is 12.5 Å². The lowest BCUT2D eigenvalue weighted by Crippen LogP contribution is -2.43. The Balaban J connectivity index is 2.02. The van der Waals surface area contributed by atoms with E-state index in [0.29, 0.717) is 17.7 Å². The third-order valence-electron chi connectivity index (χ3n) is 4.21. The standard InChI is InChI=1S/C18H17NO5/c1-24-12-6-7-15(20)14(10-12)17(21)19-9-8-11-4-2-3-5-13(11)16(19)18(22)23/h2-7,10,16,20H,8-9H2,1H3,(H,22,23). The predicted molar refractivity (Wildman–Crippen MR) is 86.2 cm³/mol. The van der Waals surface area contributed by atoms with E-state index in [1.807, 2.05) is 12.1 Å². The van der Waals surface area contributed by atoms with Crippen LogP contribution in [0.2, 0.25) is 0 Å². The van der Waals surface area contributed by atoms with Crippen molar-refractivity contribution in [1.29, 1.82) is 0 Å². The number of benzene rings is 2. The lowest BCUT2D eigenvalue weighted by atomic mass is 9.92. The van der Waals surface area contributed by atoms with E-state index in [1.54, 1.807) is 12.1 Å². The smallest absolute Gasteiger partial charge is 0.331 e. The van der Waals surface area contributed by atoms with Crippen LogP contribution >= 0.6 is 0 Å². The molecule has 3 rings (SSSR count). The number of methoxy groups -OCH3 is 1. The molecule has 6 nitrogen and oxygen atoms in total. The molecule has 1 unspecified atom stereocenters. The first-order chi connectivity index (χ1) is 11.5. The summed E-state index contributed by atoms with van der Waals surface area (Å²) in [5, 5.41) is 19.6. The van der Waals surface area contributed by atoms with Gasteiger partial charge in [-0.25, -0.2) is 4.79 Å². The van der Waals surface area contributed by atoms with Crippen LogP contribution in [0.1, 0.15) is 27.5 Å². The summed E-state index contributed by atoms with van der Waals surface area (Å²) in [5.41, 5.74) is 1.55. The molecule has 1 aliphatic rings. The number of nitrogens with zero attached hydrogens (tertiary/aromatic N) is 1. The highest BCUT2D eigenvalue weighted by Crippen LogP contribution is 2.33. The van der Waals surface area contributed by atoms with Crippen molar-refractivity contribution >= 4 is 11.9 Å². The number of phenols is 1. The van der Waals surface area contributed by atoms with Crippen LogP contribution in [0.25, 0.3) is 0 Å². The zero-order valence-corrected chi connectivity index (χ0v) is 13.1. The van der Waals surface area contributed by atoms with E-state index in [2.05, 4.69) is 0 Å². The quantitative estimate of drug-likeness (QED) is 0.902. The lowest BCUT2D eigenvalue weighted by molar-refractivity contribution is -0.143. The average molecular weight is 327 g/mol. The van der Waals surface area contributed by atoms with Gasteiger partial charge in [0.2, 0.25) is 0 Å². The molecule has 1 amide bonds. The van der Waals surface area contributed by atoms with Gasteiger partial charge < -0.3 is 19.8 Å². The van der Waals surface area contributed by atoms with Gasteiger partial charge in [-0.15, -0.1) is 0 Å². The van der Waals surface area contributed by atoms with E-state index < -0.39 is 17.9 Å². The molecule has 1 heterocycles. The Morgan fingerprint density at radius 2 is 1.96 bits per heavy atom. The Bertz CT molecular complexity index is 802. The summed E-state index contributed by atoms with van der Waals surface area (Å²) in [4.78, 5) is 25.9. The Morgan fingerprint density at radius 3 is 2.67 bits per heavy atom. The van der Waals surface area contributed by atoms with Crippen molar-refractivity contribution in [1.82, 2.24) is 4.90 Å². The fourth-order valence-electron chi connectivity index (χ4n) is 3.02. The second kappa shape index (κ2) is 6.23. The second-order valence-electron chi connectivity index (χ2n) is 5.57. The van der Waals surface area contributed by atoms with Gasteiger partial charge in [-0.05, 0) is 35.7 Å². The molecule has 124 valence electrons. The van der Waals surface area contributed by atoms with Crippen LogP contribution in [0.15, 0.2) is 42.5 Å². The summed E-state index contributed by atoms with van der Waals surface area (Å²) >= 11 is 0. The summed E-state index contributed by atoms with van der Waals surface area (Å²) in [5.74, 6) is -1.42. The van der Waals surface area contributed by atoms with Gasteiger partial charge in [-0.2, -0.15) is 0 Å². The summed E-state index contributed by atoms with van der Waals surface area (Å²) in [6.07, 6.45) is 0.566. The predicted octanol–water partition coefficient (Wildman–Crippen LogP) is 2.22. The molecule has 1 atom stereocenters. The zero-order chi connectivity index (χ0) is 17.3. The van der Waals surface area contributed by atoms with Crippen molar-refractivity contribution < 1.29 is 24.5 Å². The molecule has 24 heavy (non-hydrogen) atoms. The number of hydrogen-bond acceptors (Lipinski definition) is 4. The molecule has 0 radical (unpaired) electrons. The third kappa shape index (κ3) is 2.67. The molecule has 6 heteroatoms. The zero-order valence-electron chi connectivity index (χ0n) is 13.1. The first-order valence-electron chi connectivity index (χ1n) is 7.51. The number of fused-ring (bicyclic) bond motifs is 1. The molecule has 2 aromatic rings. The van der Waals surface area contributed by atoms with E-state index in [4.69, 9.17) is 4.74 Å². The Labute approximate surface area is 138 Å². The minimum atomic E-state index is -1.10. The van der Waals surface area contributed by atoms with E-state index >= 15 is 0 Å². The highest BCUT2D eigenvalue weighted by Gasteiger charge is 2.36. The monoisotopic (exact) mass is 327 g/mol. The van der Waals surface area contributed by atoms with Gasteiger partial charge in [-0.1, -0.05) is 24.3 Å². The number of ether oxygens (including phenoxy) is 1. The van der Waals surface area contributed by atoms with E-state index in [9.17, 15) is 19.8 Å². The lowest BCUT2D eigenvalue weighted by Gasteiger charge is -2.35. The van der Waals surface area contributed by atoms with Crippen molar-refractivity contribution in [3.63, 3.8) is 0 Å². The number of amides is 1. The minimum absolute atomic E-state index is 0.0278. The van der Waals surface area contributed by atoms with Gasteiger partial charge in [0.1, 0.15) is 11.5 Å². The number of aromatic hydroxyl groups is 1. The highest BCUT2D eigenvalue weighted by atomic mass is 16.5. The van der Waals surface area contributed by atoms with Crippen LogP contribution in [0.5, 0.6) is 11.5 Å². The molecule has 2 N–H and O–H groups in total. The molecule has 0 saturated carbocycles. The summed E-state index contributed by atoms with van der Waals surface area (Å²) < 4.78 is 5.08. The van der Waals surface area contributed by atoms with Crippen LogP contribution in [0, 0.1) is 0 Å². The molecule has 0 saturated heterocycles. The molecule has 0 fully saturated rings. The Hall–Kier alpha value is -3.02. The number of carbonyl (C=O) groups excluding carboxylic acids is 1. The SMILES string of the molecule is COc1ccc(O)c(C(=O)N2CCc3ccccc3C2C(=O)O)c1. The topological polar surface area (TPSA) is 87.1 Å². The normalized spacial score (nSPS) is 16.4. The number of hydrogen-bond donors (Lipinski definition) is 2. The molecule has 2 aromatic carbocycles. The molecule has 0 spiro atoms. The van der Waals surface area contributed by atoms with E-state index in [1.165, 1.54) is 30.2 Å². The average Bonchev–Trinajstić information content (AvgIpc) is 2.60. The van der Waals surface area contributed by atoms with Gasteiger partial charge >= 0.3 is 5.97 Å². The molecule has 0 bridgehead atoms. The van der Waals surface area contributed by atoms with Gasteiger partial charge in [-0.3, -0.25) is 4.79 Å². The van der Waals surface area contributed by atoms with Gasteiger partial charge in [0, 0.05) is 6.54 Å². The number of carboxylic acids is 1. The number of carbonyl (C=O) groups is 2. The largest absolute Gasteiger partial charge is 0.507 e. The second-order valence-corrected chi connectivity index (χ2v) is 5.57. The Kier molecular flexibility index (Phi) is 4.12. The van der Waals surface area contributed by atoms with Gasteiger partial charge in [0.15, 0.2) is 6.04 Å². The first-order valence-corrected chi connectivity index (χ1v) is 7.51. The first kappa shape index (κ1) is 15.9. The number of phenolic OH excluding ortho intramolecular Hbond substituents is 1. The highest BCUT2D eigenvalue weighted by molar-refractivity contribution is 5.99. The maximum absolute atomic E-state index is 12.9. The maximum atomic E-state index is 12.9. The summed E-state index contributed by atoms with van der Waals surface area (Å²) in [7, 11) is 1.46. The molecule has 0 aromatic heterocycles. The van der Waals surface area contributed by atoms with Crippen LogP contribution in [0.3, 0.4) is 0 Å². The molecule has 1 aliphatic heterocycles. The van der Waals surface area contributed by atoms with E-state index in [-0.39, 0.29) is 17.9 Å². The minimum Gasteiger partial charge on any atom is -0.507 e. The summed E-state index contributed by atoms with van der Waals surface area (Å²) in [6, 6.07) is 10.4. The van der Waals surface area contributed by atoms with Crippen molar-refractivity contribution in [3.8, 4) is 11.5 Å². The molecular weight excluding hydrogens is 310 g/mol. The molecular formula is C18H17NO5. The van der Waals surface area contributed by atoms with Crippen molar-refractivity contribution in [3.05, 3.63) is 59.2 Å².